The van der Waals surface area contributed by atoms with Crippen molar-refractivity contribution in [1.82, 2.24) is 9.97 Å². The van der Waals surface area contributed by atoms with E-state index in [1.165, 1.54) is 0 Å². The third kappa shape index (κ3) is 2.92. The lowest BCUT2D eigenvalue weighted by molar-refractivity contribution is 0.742. The highest BCUT2D eigenvalue weighted by atomic mass is 79.9. The Morgan fingerprint density at radius 3 is 2.57 bits per heavy atom. The van der Waals surface area contributed by atoms with Gasteiger partial charge in [-0.3, -0.25) is 0 Å². The molecule has 2 nitrogen and oxygen atoms in total. The topological polar surface area (TPSA) is 25.8 Å². The van der Waals surface area contributed by atoms with Crippen LogP contribution in [0.1, 0.15) is 38.2 Å². The Morgan fingerprint density at radius 1 is 1.29 bits per heavy atom. The average molecular weight is 278 g/mol. The summed E-state index contributed by atoms with van der Waals surface area (Å²) < 4.78 is 0.835. The molecule has 0 fully saturated rings. The summed E-state index contributed by atoms with van der Waals surface area (Å²) in [4.78, 5) is 8.67. The highest BCUT2D eigenvalue weighted by Crippen LogP contribution is 2.24. The predicted octanol–water partition coefficient (Wildman–Crippen LogP) is 3.80. The molecular weight excluding hydrogens is 263 g/mol. The average Bonchev–Trinajstić information content (AvgIpc) is 2.19. The Hall–Kier alpha value is -0.150. The predicted molar refractivity (Wildman–Crippen MR) is 62.7 cm³/mol. The summed E-state index contributed by atoms with van der Waals surface area (Å²) in [7, 11) is 0. The molecule has 0 atom stereocenters. The minimum Gasteiger partial charge on any atom is -0.237 e. The van der Waals surface area contributed by atoms with Gasteiger partial charge >= 0.3 is 0 Å². The summed E-state index contributed by atoms with van der Waals surface area (Å²) in [6, 6.07) is 0. The minimum atomic E-state index is 0.531. The zero-order chi connectivity index (χ0) is 10.6. The lowest BCUT2D eigenvalue weighted by Gasteiger charge is -2.05. The van der Waals surface area contributed by atoms with Gasteiger partial charge < -0.3 is 0 Å². The molecule has 1 heterocycles. The molecule has 0 bridgehead atoms. The van der Waals surface area contributed by atoms with Crippen LogP contribution < -0.4 is 0 Å². The van der Waals surface area contributed by atoms with Gasteiger partial charge in [0.2, 0.25) is 0 Å². The molecule has 0 radical (unpaired) electrons. The molecule has 1 aromatic heterocycles. The molecule has 0 spiro atoms. The summed E-state index contributed by atoms with van der Waals surface area (Å²) in [5.41, 5.74) is 0.996. The molecule has 0 aromatic carbocycles. The molecule has 0 saturated heterocycles. The number of nitrogens with zero attached hydrogens (tertiary/aromatic N) is 2. The first-order valence-corrected chi connectivity index (χ1v) is 6.06. The zero-order valence-corrected chi connectivity index (χ0v) is 10.8. The Labute approximate surface area is 98.2 Å². The van der Waals surface area contributed by atoms with E-state index in [1.54, 1.807) is 0 Å². The molecule has 0 N–H and O–H groups in total. The molecule has 0 amide bonds. The first-order valence-electron chi connectivity index (χ1n) is 4.89. The second-order valence-electron chi connectivity index (χ2n) is 3.15. The van der Waals surface area contributed by atoms with Crippen LogP contribution >= 0.6 is 27.5 Å². The summed E-state index contributed by atoms with van der Waals surface area (Å²) >= 11 is 9.36. The van der Waals surface area contributed by atoms with E-state index >= 15 is 0 Å². The fourth-order valence-electron chi connectivity index (χ4n) is 1.19. The molecule has 0 saturated carbocycles. The van der Waals surface area contributed by atoms with Crippen LogP contribution in [0.2, 0.25) is 5.15 Å². The van der Waals surface area contributed by atoms with Crippen LogP contribution in [-0.2, 0) is 12.8 Å². The van der Waals surface area contributed by atoms with Crippen LogP contribution in [0.4, 0.5) is 0 Å². The van der Waals surface area contributed by atoms with Crippen molar-refractivity contribution in [2.24, 2.45) is 0 Å². The Kier molecular flexibility index (Phi) is 4.82. The van der Waals surface area contributed by atoms with Crippen molar-refractivity contribution in [2.45, 2.75) is 39.5 Å². The molecule has 78 valence electrons. The molecular formula is C10H14BrClN2. The standard InChI is InChI=1S/C10H14BrClN2/c1-3-5-6-8-13-7(4-2)9(11)10(12)14-8/h3-6H2,1-2H3. The van der Waals surface area contributed by atoms with E-state index in [1.807, 2.05) is 0 Å². The smallest absolute Gasteiger partial charge is 0.147 e. The number of aryl methyl sites for hydroxylation is 2. The van der Waals surface area contributed by atoms with E-state index < -0.39 is 0 Å². The van der Waals surface area contributed by atoms with Crippen LogP contribution in [0.5, 0.6) is 0 Å². The monoisotopic (exact) mass is 276 g/mol. The van der Waals surface area contributed by atoms with Crippen molar-refractivity contribution in [3.63, 3.8) is 0 Å². The quantitative estimate of drug-likeness (QED) is 0.782. The molecule has 0 aliphatic heterocycles. The van der Waals surface area contributed by atoms with E-state index in [-0.39, 0.29) is 0 Å². The van der Waals surface area contributed by atoms with Crippen molar-refractivity contribution in [1.29, 1.82) is 0 Å². The summed E-state index contributed by atoms with van der Waals surface area (Å²) in [5.74, 6) is 0.858. The van der Waals surface area contributed by atoms with Crippen molar-refractivity contribution >= 4 is 27.5 Å². The normalized spacial score (nSPS) is 10.6. The zero-order valence-electron chi connectivity index (χ0n) is 8.48. The Balaban J connectivity index is 2.91. The number of hydrogen-bond acceptors (Lipinski definition) is 2. The number of halogens is 2. The van der Waals surface area contributed by atoms with Gasteiger partial charge in [-0.05, 0) is 28.8 Å². The van der Waals surface area contributed by atoms with Crippen LogP contribution in [0.25, 0.3) is 0 Å². The van der Waals surface area contributed by atoms with Gasteiger partial charge in [0.25, 0.3) is 0 Å². The van der Waals surface area contributed by atoms with Crippen LogP contribution in [0.15, 0.2) is 4.47 Å². The van der Waals surface area contributed by atoms with E-state index in [0.29, 0.717) is 5.15 Å². The van der Waals surface area contributed by atoms with Gasteiger partial charge in [-0.1, -0.05) is 31.9 Å². The summed E-state index contributed by atoms with van der Waals surface area (Å²) in [6.07, 6.45) is 4.05. The van der Waals surface area contributed by atoms with Gasteiger partial charge in [0.05, 0.1) is 10.2 Å². The number of hydrogen-bond donors (Lipinski definition) is 0. The fourth-order valence-corrected chi connectivity index (χ4v) is 1.86. The number of aromatic nitrogens is 2. The maximum atomic E-state index is 5.98. The van der Waals surface area contributed by atoms with Crippen LogP contribution in [0.3, 0.4) is 0 Å². The molecule has 0 aliphatic rings. The van der Waals surface area contributed by atoms with Crippen molar-refractivity contribution in [3.05, 3.63) is 21.1 Å². The maximum Gasteiger partial charge on any atom is 0.147 e. The fraction of sp³-hybridized carbons (Fsp3) is 0.600. The van der Waals surface area contributed by atoms with Crippen LogP contribution in [0, 0.1) is 0 Å². The molecule has 1 aromatic rings. The van der Waals surface area contributed by atoms with Gasteiger partial charge in [0.15, 0.2) is 0 Å². The Bertz CT molecular complexity index is 315. The lowest BCUT2D eigenvalue weighted by atomic mass is 10.2. The molecule has 4 heteroatoms. The van der Waals surface area contributed by atoms with Gasteiger partial charge in [0.1, 0.15) is 11.0 Å². The maximum absolute atomic E-state index is 5.98. The van der Waals surface area contributed by atoms with Gasteiger partial charge in [-0.15, -0.1) is 0 Å². The molecule has 0 unspecified atom stereocenters. The van der Waals surface area contributed by atoms with Crippen molar-refractivity contribution in [2.75, 3.05) is 0 Å². The largest absolute Gasteiger partial charge is 0.237 e. The number of rotatable bonds is 4. The third-order valence-electron chi connectivity index (χ3n) is 2.01. The third-order valence-corrected chi connectivity index (χ3v) is 3.35. The second-order valence-corrected chi connectivity index (χ2v) is 4.30. The van der Waals surface area contributed by atoms with Crippen LogP contribution in [-0.4, -0.2) is 9.97 Å². The Morgan fingerprint density at radius 2 is 2.00 bits per heavy atom. The van der Waals surface area contributed by atoms with Gasteiger partial charge in [-0.2, -0.15) is 0 Å². The molecule has 0 aliphatic carbocycles. The first-order chi connectivity index (χ1) is 6.69. The highest BCUT2D eigenvalue weighted by molar-refractivity contribution is 9.10. The van der Waals surface area contributed by atoms with E-state index in [2.05, 4.69) is 39.7 Å². The summed E-state index contributed by atoms with van der Waals surface area (Å²) in [6.45, 7) is 4.22. The van der Waals surface area contributed by atoms with Gasteiger partial charge in [0, 0.05) is 6.42 Å². The minimum absolute atomic E-state index is 0.531. The summed E-state index contributed by atoms with van der Waals surface area (Å²) in [5, 5.41) is 0.531. The van der Waals surface area contributed by atoms with Crippen molar-refractivity contribution < 1.29 is 0 Å². The van der Waals surface area contributed by atoms with Crippen molar-refractivity contribution in [3.8, 4) is 0 Å². The second kappa shape index (κ2) is 5.66. The van der Waals surface area contributed by atoms with Gasteiger partial charge in [-0.25, -0.2) is 9.97 Å². The molecule has 14 heavy (non-hydrogen) atoms. The van der Waals surface area contributed by atoms with E-state index in [0.717, 1.165) is 41.7 Å². The lowest BCUT2D eigenvalue weighted by Crippen LogP contribution is -2.01. The number of unbranched alkanes of at least 4 members (excludes halogenated alkanes) is 1. The SMILES string of the molecule is CCCCc1nc(Cl)c(Br)c(CC)n1. The van der Waals surface area contributed by atoms with E-state index in [4.69, 9.17) is 11.6 Å². The first kappa shape index (κ1) is 11.9. The molecule has 1 rings (SSSR count). The highest BCUT2D eigenvalue weighted by Gasteiger charge is 2.08. The van der Waals surface area contributed by atoms with E-state index in [9.17, 15) is 0 Å².